The molecule has 0 saturated heterocycles. The molecule has 2 atom stereocenters. The summed E-state index contributed by atoms with van der Waals surface area (Å²) in [4.78, 5) is 4.23. The molecule has 1 rings (SSSR count). The molecule has 4 nitrogen and oxygen atoms in total. The van der Waals surface area contributed by atoms with Crippen LogP contribution in [0.2, 0.25) is 0 Å². The van der Waals surface area contributed by atoms with Crippen molar-refractivity contribution in [3.8, 4) is 0 Å². The number of aryl methyl sites for hydroxylation is 1. The summed E-state index contributed by atoms with van der Waals surface area (Å²) in [6.07, 6.45) is 4.01. The third-order valence-electron chi connectivity index (χ3n) is 2.71. The van der Waals surface area contributed by atoms with Gasteiger partial charge in [0.05, 0.1) is 6.10 Å². The van der Waals surface area contributed by atoms with Crippen LogP contribution in [-0.4, -0.2) is 26.0 Å². The lowest BCUT2D eigenvalue weighted by molar-refractivity contribution is 0.111. The standard InChI is InChI=1S/C11H21N3O/c1-4-6-14-11(12-8-13-14)7-9(3)10(15)5-2/h8-10,15H,4-7H2,1-3H3. The first kappa shape index (κ1) is 12.2. The van der Waals surface area contributed by atoms with E-state index in [2.05, 4.69) is 23.9 Å². The quantitative estimate of drug-likeness (QED) is 0.778. The molecule has 0 spiro atoms. The second-order valence-electron chi connectivity index (χ2n) is 4.06. The number of hydrogen-bond acceptors (Lipinski definition) is 3. The fourth-order valence-corrected chi connectivity index (χ4v) is 1.67. The number of rotatable bonds is 6. The van der Waals surface area contributed by atoms with Gasteiger partial charge in [-0.3, -0.25) is 4.68 Å². The van der Waals surface area contributed by atoms with E-state index in [1.807, 2.05) is 11.6 Å². The minimum atomic E-state index is -0.239. The molecule has 0 aliphatic heterocycles. The summed E-state index contributed by atoms with van der Waals surface area (Å²) in [7, 11) is 0. The van der Waals surface area contributed by atoms with Crippen molar-refractivity contribution in [3.05, 3.63) is 12.2 Å². The summed E-state index contributed by atoms with van der Waals surface area (Å²) in [6, 6.07) is 0. The van der Waals surface area contributed by atoms with Crippen molar-refractivity contribution in [2.24, 2.45) is 5.92 Å². The second-order valence-corrected chi connectivity index (χ2v) is 4.06. The Labute approximate surface area is 91.3 Å². The topological polar surface area (TPSA) is 50.9 Å². The molecule has 15 heavy (non-hydrogen) atoms. The van der Waals surface area contributed by atoms with Crippen LogP contribution < -0.4 is 0 Å². The minimum Gasteiger partial charge on any atom is -0.393 e. The first-order valence-corrected chi connectivity index (χ1v) is 5.73. The molecule has 0 radical (unpaired) electrons. The third kappa shape index (κ3) is 3.30. The number of aromatic nitrogens is 3. The van der Waals surface area contributed by atoms with Crippen molar-refractivity contribution >= 4 is 0 Å². The maximum atomic E-state index is 9.69. The Morgan fingerprint density at radius 1 is 1.47 bits per heavy atom. The summed E-state index contributed by atoms with van der Waals surface area (Å²) >= 11 is 0. The van der Waals surface area contributed by atoms with Crippen LogP contribution in [0.15, 0.2) is 6.33 Å². The van der Waals surface area contributed by atoms with Crippen molar-refractivity contribution < 1.29 is 5.11 Å². The molecular weight excluding hydrogens is 190 g/mol. The largest absolute Gasteiger partial charge is 0.393 e. The van der Waals surface area contributed by atoms with Crippen LogP contribution in [-0.2, 0) is 13.0 Å². The zero-order valence-electron chi connectivity index (χ0n) is 9.85. The summed E-state index contributed by atoms with van der Waals surface area (Å²) in [6.45, 7) is 7.08. The van der Waals surface area contributed by atoms with Crippen LogP contribution in [0, 0.1) is 5.92 Å². The van der Waals surface area contributed by atoms with E-state index in [1.54, 1.807) is 6.33 Å². The highest BCUT2D eigenvalue weighted by Crippen LogP contribution is 2.12. The lowest BCUT2D eigenvalue weighted by Gasteiger charge is -2.16. The van der Waals surface area contributed by atoms with Gasteiger partial charge in [-0.2, -0.15) is 5.10 Å². The van der Waals surface area contributed by atoms with Crippen molar-refractivity contribution in [1.82, 2.24) is 14.8 Å². The molecule has 0 aromatic carbocycles. The Morgan fingerprint density at radius 2 is 2.20 bits per heavy atom. The predicted molar refractivity (Wildman–Crippen MR) is 59.5 cm³/mol. The van der Waals surface area contributed by atoms with Crippen molar-refractivity contribution in [3.63, 3.8) is 0 Å². The lowest BCUT2D eigenvalue weighted by atomic mass is 9.99. The third-order valence-corrected chi connectivity index (χ3v) is 2.71. The molecule has 1 N–H and O–H groups in total. The molecule has 86 valence electrons. The van der Waals surface area contributed by atoms with Gasteiger partial charge >= 0.3 is 0 Å². The van der Waals surface area contributed by atoms with Gasteiger partial charge in [-0.05, 0) is 18.8 Å². The molecule has 0 aliphatic carbocycles. The average Bonchev–Trinajstić information content (AvgIpc) is 2.65. The number of aliphatic hydroxyl groups is 1. The maximum Gasteiger partial charge on any atom is 0.138 e. The van der Waals surface area contributed by atoms with Gasteiger partial charge in [-0.25, -0.2) is 4.98 Å². The summed E-state index contributed by atoms with van der Waals surface area (Å²) < 4.78 is 1.93. The van der Waals surface area contributed by atoms with Crippen LogP contribution in [0.4, 0.5) is 0 Å². The fraction of sp³-hybridized carbons (Fsp3) is 0.818. The number of aliphatic hydroxyl groups excluding tert-OH is 1. The van der Waals surface area contributed by atoms with Crippen molar-refractivity contribution in [2.45, 2.75) is 52.7 Å². The number of nitrogens with zero attached hydrogens (tertiary/aromatic N) is 3. The fourth-order valence-electron chi connectivity index (χ4n) is 1.67. The first-order chi connectivity index (χ1) is 7.19. The van der Waals surface area contributed by atoms with E-state index in [1.165, 1.54) is 0 Å². The predicted octanol–water partition coefficient (Wildman–Crippen LogP) is 1.64. The molecule has 0 saturated carbocycles. The van der Waals surface area contributed by atoms with Crippen LogP contribution in [0.1, 0.15) is 39.4 Å². The Bertz CT molecular complexity index is 285. The molecule has 2 unspecified atom stereocenters. The minimum absolute atomic E-state index is 0.239. The Kier molecular flexibility index (Phi) is 4.75. The van der Waals surface area contributed by atoms with E-state index in [0.29, 0.717) is 0 Å². The molecule has 0 aliphatic rings. The Morgan fingerprint density at radius 3 is 2.80 bits per heavy atom. The molecule has 0 fully saturated rings. The van der Waals surface area contributed by atoms with Crippen LogP contribution >= 0.6 is 0 Å². The Hall–Kier alpha value is -0.900. The maximum absolute atomic E-state index is 9.69. The van der Waals surface area contributed by atoms with Gasteiger partial charge in [0, 0.05) is 13.0 Å². The first-order valence-electron chi connectivity index (χ1n) is 5.73. The lowest BCUT2D eigenvalue weighted by Crippen LogP contribution is -2.20. The zero-order valence-corrected chi connectivity index (χ0v) is 9.85. The normalized spacial score (nSPS) is 15.2. The highest BCUT2D eigenvalue weighted by atomic mass is 16.3. The van der Waals surface area contributed by atoms with Gasteiger partial charge in [0.1, 0.15) is 12.2 Å². The van der Waals surface area contributed by atoms with Gasteiger partial charge in [0.15, 0.2) is 0 Å². The molecule has 4 heteroatoms. The molecule has 0 bridgehead atoms. The van der Waals surface area contributed by atoms with E-state index >= 15 is 0 Å². The molecule has 1 heterocycles. The second kappa shape index (κ2) is 5.85. The van der Waals surface area contributed by atoms with E-state index < -0.39 is 0 Å². The van der Waals surface area contributed by atoms with E-state index in [-0.39, 0.29) is 12.0 Å². The zero-order chi connectivity index (χ0) is 11.3. The molecular formula is C11H21N3O. The summed E-state index contributed by atoms with van der Waals surface area (Å²) in [5, 5.41) is 13.9. The van der Waals surface area contributed by atoms with Crippen molar-refractivity contribution in [2.75, 3.05) is 0 Å². The highest BCUT2D eigenvalue weighted by Gasteiger charge is 2.15. The summed E-state index contributed by atoms with van der Waals surface area (Å²) in [5.74, 6) is 1.23. The molecule has 0 amide bonds. The van der Waals surface area contributed by atoms with E-state index in [0.717, 1.165) is 31.6 Å². The molecule has 1 aromatic heterocycles. The van der Waals surface area contributed by atoms with E-state index in [9.17, 15) is 5.11 Å². The van der Waals surface area contributed by atoms with Gasteiger partial charge in [0.2, 0.25) is 0 Å². The number of hydrogen-bond donors (Lipinski definition) is 1. The van der Waals surface area contributed by atoms with Crippen LogP contribution in [0.5, 0.6) is 0 Å². The van der Waals surface area contributed by atoms with Gasteiger partial charge in [-0.1, -0.05) is 20.8 Å². The van der Waals surface area contributed by atoms with Gasteiger partial charge < -0.3 is 5.11 Å². The van der Waals surface area contributed by atoms with Gasteiger partial charge in [-0.15, -0.1) is 0 Å². The SMILES string of the molecule is CCCn1ncnc1CC(C)C(O)CC. The van der Waals surface area contributed by atoms with Gasteiger partial charge in [0.25, 0.3) is 0 Å². The van der Waals surface area contributed by atoms with Crippen LogP contribution in [0.25, 0.3) is 0 Å². The van der Waals surface area contributed by atoms with Crippen molar-refractivity contribution in [1.29, 1.82) is 0 Å². The Balaban J connectivity index is 2.59. The molecule has 1 aromatic rings. The monoisotopic (exact) mass is 211 g/mol. The van der Waals surface area contributed by atoms with E-state index in [4.69, 9.17) is 0 Å². The summed E-state index contributed by atoms with van der Waals surface area (Å²) in [5.41, 5.74) is 0. The highest BCUT2D eigenvalue weighted by molar-refractivity contribution is 4.87. The smallest absolute Gasteiger partial charge is 0.138 e. The van der Waals surface area contributed by atoms with Crippen LogP contribution in [0.3, 0.4) is 0 Å². The average molecular weight is 211 g/mol.